The molecule has 3 aromatic carbocycles. The Bertz CT molecular complexity index is 686. The Labute approximate surface area is 164 Å². The summed E-state index contributed by atoms with van der Waals surface area (Å²) < 4.78 is 0. The van der Waals surface area contributed by atoms with Gasteiger partial charge in [0.25, 0.3) is 0 Å². The Balaban J connectivity index is 0.00000208. The van der Waals surface area contributed by atoms with Crippen LogP contribution in [0.3, 0.4) is 0 Å². The number of unbranched alkanes of at least 4 members (excludes halogenated alkanes) is 1. The highest BCUT2D eigenvalue weighted by atomic mass is 127. The van der Waals surface area contributed by atoms with E-state index in [1.54, 1.807) is 0 Å². The van der Waals surface area contributed by atoms with Gasteiger partial charge in [-0.3, -0.25) is 0 Å². The van der Waals surface area contributed by atoms with Gasteiger partial charge in [-0.2, -0.15) is 0 Å². The van der Waals surface area contributed by atoms with Crippen LogP contribution in [0.4, 0.5) is 0 Å². The van der Waals surface area contributed by atoms with E-state index in [-0.39, 0.29) is 24.0 Å². The van der Waals surface area contributed by atoms with Gasteiger partial charge < -0.3 is 0 Å². The number of aryl methyl sites for hydroxylation is 1. The third kappa shape index (κ3) is 4.68. The standard InChI is InChI=1S/C22H23P.HI/c1-2-3-12-19-13-10-11-18-22(19)23(20-14-6-4-7-15-20)21-16-8-5-9-17-21;/h4-11,13-18H,2-3,12H2,1H3;1H. The molecule has 0 amide bonds. The van der Waals surface area contributed by atoms with Crippen molar-refractivity contribution in [2.24, 2.45) is 0 Å². The first-order valence-electron chi connectivity index (χ1n) is 8.38. The molecule has 3 rings (SSSR count). The van der Waals surface area contributed by atoms with Crippen molar-refractivity contribution >= 4 is 47.8 Å². The number of hydrogen-bond donors (Lipinski definition) is 0. The van der Waals surface area contributed by atoms with E-state index in [2.05, 4.69) is 91.9 Å². The second kappa shape index (κ2) is 9.96. The monoisotopic (exact) mass is 446 g/mol. The van der Waals surface area contributed by atoms with Crippen LogP contribution in [0.15, 0.2) is 84.9 Å². The number of benzene rings is 3. The lowest BCUT2D eigenvalue weighted by atomic mass is 10.1. The SMILES string of the molecule is CCCCc1ccccc1P(c1ccccc1)c1ccccc1.I. The van der Waals surface area contributed by atoms with Crippen LogP contribution >= 0.6 is 31.9 Å². The first kappa shape index (κ1) is 19.1. The van der Waals surface area contributed by atoms with Crippen molar-refractivity contribution in [2.45, 2.75) is 26.2 Å². The molecule has 0 saturated carbocycles. The maximum atomic E-state index is 2.33. The molecule has 0 N–H and O–H groups in total. The van der Waals surface area contributed by atoms with E-state index in [0.29, 0.717) is 0 Å². The van der Waals surface area contributed by atoms with Crippen molar-refractivity contribution in [1.82, 2.24) is 0 Å². The Hall–Kier alpha value is -1.18. The molecular formula is C22H24IP. The smallest absolute Gasteiger partial charge is 0.0119 e. The van der Waals surface area contributed by atoms with Crippen LogP contribution in [0, 0.1) is 0 Å². The second-order valence-electron chi connectivity index (χ2n) is 5.74. The minimum atomic E-state index is -0.483. The largest absolute Gasteiger partial charge is 0.107 e. The van der Waals surface area contributed by atoms with Gasteiger partial charge in [0.2, 0.25) is 0 Å². The average molecular weight is 446 g/mol. The molecule has 0 aliphatic rings. The van der Waals surface area contributed by atoms with Gasteiger partial charge in [-0.15, -0.1) is 24.0 Å². The highest BCUT2D eigenvalue weighted by Gasteiger charge is 2.18. The summed E-state index contributed by atoms with van der Waals surface area (Å²) >= 11 is 0. The fourth-order valence-electron chi connectivity index (χ4n) is 2.89. The zero-order valence-corrected chi connectivity index (χ0v) is 17.3. The second-order valence-corrected chi connectivity index (χ2v) is 7.92. The van der Waals surface area contributed by atoms with Crippen LogP contribution in [0.2, 0.25) is 0 Å². The molecule has 0 aliphatic carbocycles. The maximum absolute atomic E-state index is 2.33. The summed E-state index contributed by atoms with van der Waals surface area (Å²) in [6.07, 6.45) is 3.66. The molecule has 0 nitrogen and oxygen atoms in total. The maximum Gasteiger partial charge on any atom is -0.0119 e. The van der Waals surface area contributed by atoms with Crippen molar-refractivity contribution in [3.05, 3.63) is 90.5 Å². The molecule has 124 valence electrons. The van der Waals surface area contributed by atoms with Crippen LogP contribution < -0.4 is 15.9 Å². The van der Waals surface area contributed by atoms with E-state index < -0.39 is 7.92 Å². The molecule has 0 radical (unpaired) electrons. The fourth-order valence-corrected chi connectivity index (χ4v) is 5.39. The predicted molar refractivity (Wildman–Crippen MR) is 119 cm³/mol. The third-order valence-corrected chi connectivity index (χ3v) is 6.61. The molecule has 0 aromatic heterocycles. The van der Waals surface area contributed by atoms with Crippen LogP contribution in [0.1, 0.15) is 25.3 Å². The minimum Gasteiger partial charge on any atom is -0.107 e. The highest BCUT2D eigenvalue weighted by Crippen LogP contribution is 2.34. The zero-order valence-electron chi connectivity index (χ0n) is 14.1. The van der Waals surface area contributed by atoms with Gasteiger partial charge in [-0.1, -0.05) is 98.3 Å². The molecule has 24 heavy (non-hydrogen) atoms. The highest BCUT2D eigenvalue weighted by molar-refractivity contribution is 14.0. The van der Waals surface area contributed by atoms with Crippen LogP contribution in [0.5, 0.6) is 0 Å². The summed E-state index contributed by atoms with van der Waals surface area (Å²) in [4.78, 5) is 0. The Morgan fingerprint density at radius 3 is 1.71 bits per heavy atom. The lowest BCUT2D eigenvalue weighted by molar-refractivity contribution is 0.798. The summed E-state index contributed by atoms with van der Waals surface area (Å²) in [6, 6.07) is 30.9. The van der Waals surface area contributed by atoms with E-state index in [4.69, 9.17) is 0 Å². The van der Waals surface area contributed by atoms with Gasteiger partial charge in [0.15, 0.2) is 0 Å². The van der Waals surface area contributed by atoms with E-state index in [1.165, 1.54) is 40.7 Å². The Morgan fingerprint density at radius 1 is 0.667 bits per heavy atom. The van der Waals surface area contributed by atoms with Crippen LogP contribution in [0.25, 0.3) is 0 Å². The molecule has 3 aromatic rings. The number of rotatable bonds is 6. The molecule has 0 unspecified atom stereocenters. The van der Waals surface area contributed by atoms with E-state index in [9.17, 15) is 0 Å². The lowest BCUT2D eigenvalue weighted by Crippen LogP contribution is -2.23. The van der Waals surface area contributed by atoms with Gasteiger partial charge in [-0.05, 0) is 42.2 Å². The Morgan fingerprint density at radius 2 is 1.17 bits per heavy atom. The van der Waals surface area contributed by atoms with Gasteiger partial charge in [0, 0.05) is 0 Å². The third-order valence-electron chi connectivity index (χ3n) is 4.06. The fraction of sp³-hybridized carbons (Fsp3) is 0.182. The average Bonchev–Trinajstić information content (AvgIpc) is 2.63. The van der Waals surface area contributed by atoms with Crippen molar-refractivity contribution in [3.63, 3.8) is 0 Å². The molecular weight excluding hydrogens is 422 g/mol. The topological polar surface area (TPSA) is 0 Å². The quantitative estimate of drug-likeness (QED) is 0.351. The minimum absolute atomic E-state index is 0. The summed E-state index contributed by atoms with van der Waals surface area (Å²) in [5.74, 6) is 0. The van der Waals surface area contributed by atoms with Gasteiger partial charge >= 0.3 is 0 Å². The van der Waals surface area contributed by atoms with Crippen molar-refractivity contribution in [1.29, 1.82) is 0 Å². The molecule has 0 spiro atoms. The van der Waals surface area contributed by atoms with Gasteiger partial charge in [-0.25, -0.2) is 0 Å². The summed E-state index contributed by atoms with van der Waals surface area (Å²) in [5, 5.41) is 4.36. The molecule has 0 heterocycles. The van der Waals surface area contributed by atoms with Crippen molar-refractivity contribution in [2.75, 3.05) is 0 Å². The first-order valence-corrected chi connectivity index (χ1v) is 9.72. The van der Waals surface area contributed by atoms with Gasteiger partial charge in [0.1, 0.15) is 0 Å². The molecule has 0 aliphatic heterocycles. The van der Waals surface area contributed by atoms with Crippen LogP contribution in [-0.2, 0) is 6.42 Å². The Kier molecular flexibility index (Phi) is 7.94. The van der Waals surface area contributed by atoms with E-state index in [1.807, 2.05) is 0 Å². The molecule has 0 fully saturated rings. The molecule has 0 saturated heterocycles. The number of hydrogen-bond acceptors (Lipinski definition) is 0. The summed E-state index contributed by atoms with van der Waals surface area (Å²) in [6.45, 7) is 2.26. The normalized spacial score (nSPS) is 10.4. The van der Waals surface area contributed by atoms with Crippen molar-refractivity contribution < 1.29 is 0 Å². The van der Waals surface area contributed by atoms with Crippen LogP contribution in [-0.4, -0.2) is 0 Å². The summed E-state index contributed by atoms with van der Waals surface area (Å²) in [7, 11) is -0.483. The molecule has 2 heteroatoms. The van der Waals surface area contributed by atoms with Gasteiger partial charge in [0.05, 0.1) is 0 Å². The lowest BCUT2D eigenvalue weighted by Gasteiger charge is -2.22. The zero-order chi connectivity index (χ0) is 15.9. The van der Waals surface area contributed by atoms with E-state index >= 15 is 0 Å². The van der Waals surface area contributed by atoms with E-state index in [0.717, 1.165) is 0 Å². The first-order chi connectivity index (χ1) is 11.4. The molecule has 0 bridgehead atoms. The number of halogens is 1. The van der Waals surface area contributed by atoms with Crippen molar-refractivity contribution in [3.8, 4) is 0 Å². The molecule has 0 atom stereocenters. The summed E-state index contributed by atoms with van der Waals surface area (Å²) in [5.41, 5.74) is 1.51. The predicted octanol–water partition coefficient (Wildman–Crippen LogP) is 5.41.